The van der Waals surface area contributed by atoms with Crippen LogP contribution in [-0.2, 0) is 0 Å². The molecule has 5 rings (SSSR count). The maximum Gasteiger partial charge on any atom is 0.323 e. The van der Waals surface area contributed by atoms with E-state index in [4.69, 9.17) is 10.2 Å². The van der Waals surface area contributed by atoms with Gasteiger partial charge in [-0.1, -0.05) is 30.3 Å². The fraction of sp³-hybridized carbons (Fsp3) is 0. The number of nitrogens with zero attached hydrogens (tertiary/aromatic N) is 3. The monoisotopic (exact) mass is 405 g/mol. The molecule has 0 aliphatic rings. The van der Waals surface area contributed by atoms with Crippen LogP contribution in [0.2, 0.25) is 0 Å². The molecule has 31 heavy (non-hydrogen) atoms. The minimum absolute atomic E-state index is 0.206. The van der Waals surface area contributed by atoms with Crippen LogP contribution in [0.5, 0.6) is 0 Å². The van der Waals surface area contributed by atoms with Gasteiger partial charge in [-0.15, -0.1) is 0 Å². The number of nitriles is 1. The highest BCUT2D eigenvalue weighted by molar-refractivity contribution is 5.81. The highest BCUT2D eigenvalue weighted by atomic mass is 16.1. The summed E-state index contributed by atoms with van der Waals surface area (Å²) in [5, 5.41) is 9.47. The molecule has 0 atom stereocenters. The average Bonchev–Trinajstić information content (AvgIpc) is 3.17. The van der Waals surface area contributed by atoms with Crippen molar-refractivity contribution in [3.63, 3.8) is 0 Å². The first kappa shape index (κ1) is 18.3. The quantitative estimate of drug-likeness (QED) is 0.478. The largest absolute Gasteiger partial charge is 0.323 e. The second-order valence-electron chi connectivity index (χ2n) is 7.00. The maximum atomic E-state index is 13.4. The van der Waals surface area contributed by atoms with Crippen LogP contribution in [-0.4, -0.2) is 19.5 Å². The standard InChI is InChI=1S/C24H15N5O2/c25-14-16-7-5-15(6-8-16)9-12-22-26-19-4-2-1-3-18(19)23(30)29(22)17-10-11-20-21(13-17)28-24(31)27-20/h1-13H,(H2,27,28,31)/b12-9+. The molecule has 0 unspecified atom stereocenters. The number of aromatic nitrogens is 4. The molecule has 3 aromatic carbocycles. The molecule has 0 bridgehead atoms. The Balaban J connectivity index is 1.72. The first-order chi connectivity index (χ1) is 15.1. The third-order valence-electron chi connectivity index (χ3n) is 5.02. The zero-order valence-electron chi connectivity index (χ0n) is 16.2. The van der Waals surface area contributed by atoms with Gasteiger partial charge in [-0.3, -0.25) is 9.36 Å². The number of benzene rings is 3. The second kappa shape index (κ2) is 7.28. The van der Waals surface area contributed by atoms with Crippen molar-refractivity contribution in [2.45, 2.75) is 0 Å². The number of rotatable bonds is 3. The Morgan fingerprint density at radius 3 is 2.48 bits per heavy atom. The smallest absolute Gasteiger partial charge is 0.306 e. The van der Waals surface area contributed by atoms with Crippen molar-refractivity contribution >= 4 is 34.1 Å². The van der Waals surface area contributed by atoms with Crippen LogP contribution >= 0.6 is 0 Å². The maximum absolute atomic E-state index is 13.4. The van der Waals surface area contributed by atoms with Gasteiger partial charge in [-0.2, -0.15) is 5.26 Å². The minimum atomic E-state index is -0.308. The molecule has 0 saturated heterocycles. The summed E-state index contributed by atoms with van der Waals surface area (Å²) in [6, 6.07) is 21.6. The normalized spacial score (nSPS) is 11.3. The predicted octanol–water partition coefficient (Wildman–Crippen LogP) is 3.60. The number of nitrogens with one attached hydrogen (secondary N) is 2. The fourth-order valence-corrected chi connectivity index (χ4v) is 3.51. The van der Waals surface area contributed by atoms with Crippen LogP contribution in [0.3, 0.4) is 0 Å². The second-order valence-corrected chi connectivity index (χ2v) is 7.00. The molecule has 2 heterocycles. The molecule has 2 aromatic heterocycles. The molecule has 7 heteroatoms. The zero-order valence-corrected chi connectivity index (χ0v) is 16.2. The van der Waals surface area contributed by atoms with Gasteiger partial charge in [0.1, 0.15) is 5.82 Å². The summed E-state index contributed by atoms with van der Waals surface area (Å²) >= 11 is 0. The topological polar surface area (TPSA) is 107 Å². The SMILES string of the molecule is N#Cc1ccc(/C=C/c2nc3ccccc3c(=O)n2-c2ccc3[nH]c(=O)[nH]c3c2)cc1. The lowest BCUT2D eigenvalue weighted by Crippen LogP contribution is -2.22. The van der Waals surface area contributed by atoms with Gasteiger partial charge in [0.25, 0.3) is 5.56 Å². The predicted molar refractivity (Wildman–Crippen MR) is 120 cm³/mol. The number of hydrogen-bond acceptors (Lipinski definition) is 4. The lowest BCUT2D eigenvalue weighted by Gasteiger charge is -2.11. The molecular weight excluding hydrogens is 390 g/mol. The molecule has 0 spiro atoms. The van der Waals surface area contributed by atoms with E-state index in [1.165, 1.54) is 4.57 Å². The third-order valence-corrected chi connectivity index (χ3v) is 5.02. The molecule has 148 valence electrons. The summed E-state index contributed by atoms with van der Waals surface area (Å²) in [6.45, 7) is 0. The third kappa shape index (κ3) is 3.32. The van der Waals surface area contributed by atoms with Gasteiger partial charge in [0, 0.05) is 0 Å². The van der Waals surface area contributed by atoms with Crippen molar-refractivity contribution in [2.75, 3.05) is 0 Å². The van der Waals surface area contributed by atoms with Crippen LogP contribution in [0.15, 0.2) is 76.3 Å². The molecule has 0 aliphatic heterocycles. The number of para-hydroxylation sites is 1. The van der Waals surface area contributed by atoms with Gasteiger partial charge in [0.2, 0.25) is 0 Å². The van der Waals surface area contributed by atoms with Crippen LogP contribution in [0.4, 0.5) is 0 Å². The van der Waals surface area contributed by atoms with E-state index in [-0.39, 0.29) is 11.2 Å². The summed E-state index contributed by atoms with van der Waals surface area (Å²) in [5.41, 5.74) is 3.38. The van der Waals surface area contributed by atoms with E-state index in [0.29, 0.717) is 39.0 Å². The van der Waals surface area contributed by atoms with Gasteiger partial charge in [0.05, 0.1) is 39.3 Å². The van der Waals surface area contributed by atoms with E-state index < -0.39 is 0 Å². The molecule has 0 aliphatic carbocycles. The lowest BCUT2D eigenvalue weighted by molar-refractivity contribution is 0.945. The number of fused-ring (bicyclic) bond motifs is 2. The molecule has 0 radical (unpaired) electrons. The summed E-state index contributed by atoms with van der Waals surface area (Å²) < 4.78 is 1.52. The van der Waals surface area contributed by atoms with Crippen molar-refractivity contribution in [1.82, 2.24) is 19.5 Å². The Morgan fingerprint density at radius 1 is 0.903 bits per heavy atom. The van der Waals surface area contributed by atoms with Gasteiger partial charge < -0.3 is 9.97 Å². The van der Waals surface area contributed by atoms with Crippen LogP contribution in [0.25, 0.3) is 39.8 Å². The first-order valence-electron chi connectivity index (χ1n) is 9.55. The van der Waals surface area contributed by atoms with Crippen molar-refractivity contribution < 1.29 is 0 Å². The average molecular weight is 405 g/mol. The molecule has 5 aromatic rings. The van der Waals surface area contributed by atoms with Crippen molar-refractivity contribution in [3.8, 4) is 11.8 Å². The molecule has 0 saturated carbocycles. The Labute approximate surface area is 175 Å². The molecule has 7 nitrogen and oxygen atoms in total. The fourth-order valence-electron chi connectivity index (χ4n) is 3.51. The lowest BCUT2D eigenvalue weighted by atomic mass is 10.1. The summed E-state index contributed by atoms with van der Waals surface area (Å²) in [7, 11) is 0. The van der Waals surface area contributed by atoms with Gasteiger partial charge >= 0.3 is 5.69 Å². The van der Waals surface area contributed by atoms with Crippen molar-refractivity contribution in [1.29, 1.82) is 5.26 Å². The van der Waals surface area contributed by atoms with Gasteiger partial charge in [0.15, 0.2) is 0 Å². The first-order valence-corrected chi connectivity index (χ1v) is 9.55. The van der Waals surface area contributed by atoms with E-state index in [9.17, 15) is 9.59 Å². The number of H-pyrrole nitrogens is 2. The van der Waals surface area contributed by atoms with E-state index in [1.54, 1.807) is 54.6 Å². The summed E-state index contributed by atoms with van der Waals surface area (Å²) in [5.74, 6) is 0.449. The molecular formula is C24H15N5O2. The molecule has 2 N–H and O–H groups in total. The van der Waals surface area contributed by atoms with E-state index in [1.807, 2.05) is 24.3 Å². The van der Waals surface area contributed by atoms with Crippen LogP contribution in [0, 0.1) is 11.3 Å². The summed E-state index contributed by atoms with van der Waals surface area (Å²) in [4.78, 5) is 35.1. The number of imidazole rings is 1. The van der Waals surface area contributed by atoms with E-state index >= 15 is 0 Å². The Bertz CT molecular complexity index is 1630. The van der Waals surface area contributed by atoms with E-state index in [0.717, 1.165) is 5.56 Å². The van der Waals surface area contributed by atoms with Crippen molar-refractivity contribution in [2.24, 2.45) is 0 Å². The highest BCUT2D eigenvalue weighted by Crippen LogP contribution is 2.18. The number of hydrogen-bond donors (Lipinski definition) is 2. The van der Waals surface area contributed by atoms with Crippen molar-refractivity contribution in [3.05, 3.63) is 105 Å². The summed E-state index contributed by atoms with van der Waals surface area (Å²) in [6.07, 6.45) is 3.60. The highest BCUT2D eigenvalue weighted by Gasteiger charge is 2.12. The Kier molecular flexibility index (Phi) is 4.31. The zero-order chi connectivity index (χ0) is 21.4. The van der Waals surface area contributed by atoms with Gasteiger partial charge in [-0.05, 0) is 54.1 Å². The van der Waals surface area contributed by atoms with Gasteiger partial charge in [-0.25, -0.2) is 9.78 Å². The number of aromatic amines is 2. The molecule has 0 fully saturated rings. The minimum Gasteiger partial charge on any atom is -0.306 e. The van der Waals surface area contributed by atoms with Crippen LogP contribution < -0.4 is 11.2 Å². The Morgan fingerprint density at radius 2 is 1.68 bits per heavy atom. The van der Waals surface area contributed by atoms with E-state index in [2.05, 4.69) is 16.0 Å². The molecule has 0 amide bonds. The van der Waals surface area contributed by atoms with Crippen LogP contribution in [0.1, 0.15) is 17.0 Å². The Hall–Kier alpha value is -4.70.